The third-order valence-electron chi connectivity index (χ3n) is 3.69. The van der Waals surface area contributed by atoms with E-state index in [-0.39, 0.29) is 24.8 Å². The summed E-state index contributed by atoms with van der Waals surface area (Å²) < 4.78 is 15.6. The number of ether oxygens (including phenoxy) is 2. The van der Waals surface area contributed by atoms with Crippen LogP contribution in [0.15, 0.2) is 46.0 Å². The number of esters is 1. The van der Waals surface area contributed by atoms with Gasteiger partial charge in [0.05, 0.1) is 37.1 Å². The first-order valence-corrected chi connectivity index (χ1v) is 9.01. The highest BCUT2D eigenvalue weighted by molar-refractivity contribution is 8.04. The molecule has 1 aromatic heterocycles. The molecule has 0 aliphatic carbocycles. The summed E-state index contributed by atoms with van der Waals surface area (Å²) in [6.07, 6.45) is 1.33. The summed E-state index contributed by atoms with van der Waals surface area (Å²) in [4.78, 5) is 25.3. The molecule has 1 amide bonds. The van der Waals surface area contributed by atoms with E-state index in [0.717, 1.165) is 5.56 Å². The topological polar surface area (TPSA) is 81.9 Å². The molecule has 8 heteroatoms. The van der Waals surface area contributed by atoms with Crippen LogP contribution in [0.25, 0.3) is 11.3 Å². The van der Waals surface area contributed by atoms with Gasteiger partial charge in [-0.3, -0.25) is 9.69 Å². The number of carbonyl (C=O) groups is 2. The maximum Gasteiger partial charge on any atom is 0.333 e. The van der Waals surface area contributed by atoms with Gasteiger partial charge in [0.2, 0.25) is 5.91 Å². The number of hydrogen-bond donors (Lipinski definition) is 0. The minimum Gasteiger partial charge on any atom is -0.496 e. The molecule has 1 aliphatic heterocycles. The van der Waals surface area contributed by atoms with Gasteiger partial charge in [-0.25, -0.2) is 4.79 Å². The van der Waals surface area contributed by atoms with E-state index in [2.05, 4.69) is 5.16 Å². The number of nitrogens with zero attached hydrogens (tertiary/aromatic N) is 2. The van der Waals surface area contributed by atoms with Crippen molar-refractivity contribution in [2.75, 3.05) is 19.5 Å². The van der Waals surface area contributed by atoms with Gasteiger partial charge in [-0.05, 0) is 19.1 Å². The molecule has 0 saturated carbocycles. The Bertz CT molecular complexity index is 846. The zero-order chi connectivity index (χ0) is 18.5. The Morgan fingerprint density at radius 2 is 2.23 bits per heavy atom. The Morgan fingerprint density at radius 3 is 3.00 bits per heavy atom. The predicted molar refractivity (Wildman–Crippen MR) is 96.2 cm³/mol. The zero-order valence-corrected chi connectivity index (χ0v) is 15.2. The Morgan fingerprint density at radius 1 is 1.42 bits per heavy atom. The summed E-state index contributed by atoms with van der Waals surface area (Å²) in [6.45, 7) is 2.21. The molecule has 1 fully saturated rings. The van der Waals surface area contributed by atoms with Crippen molar-refractivity contribution < 1.29 is 23.6 Å². The first-order valence-electron chi connectivity index (χ1n) is 8.03. The molecule has 1 aliphatic rings. The SMILES string of the molecule is CCOC(=O)C=C1SCC(=O)N1Cc1cc(-c2ccccc2OC)no1. The second kappa shape index (κ2) is 8.09. The van der Waals surface area contributed by atoms with E-state index in [1.54, 1.807) is 20.1 Å². The van der Waals surface area contributed by atoms with Gasteiger partial charge in [-0.2, -0.15) is 0 Å². The summed E-state index contributed by atoms with van der Waals surface area (Å²) in [6, 6.07) is 9.23. The molecule has 1 saturated heterocycles. The van der Waals surface area contributed by atoms with Crippen molar-refractivity contribution in [2.45, 2.75) is 13.5 Å². The van der Waals surface area contributed by atoms with E-state index in [1.807, 2.05) is 24.3 Å². The van der Waals surface area contributed by atoms with E-state index in [9.17, 15) is 9.59 Å². The molecule has 0 spiro atoms. The Hall–Kier alpha value is -2.74. The van der Waals surface area contributed by atoms with Crippen LogP contribution in [0, 0.1) is 0 Å². The Balaban J connectivity index is 1.79. The highest BCUT2D eigenvalue weighted by Crippen LogP contribution is 2.32. The normalized spacial score (nSPS) is 15.5. The van der Waals surface area contributed by atoms with Gasteiger partial charge >= 0.3 is 5.97 Å². The second-order valence-corrected chi connectivity index (χ2v) is 6.38. The van der Waals surface area contributed by atoms with Crippen LogP contribution in [0.1, 0.15) is 12.7 Å². The number of amides is 1. The van der Waals surface area contributed by atoms with Gasteiger partial charge in [0.1, 0.15) is 11.4 Å². The van der Waals surface area contributed by atoms with E-state index < -0.39 is 5.97 Å². The van der Waals surface area contributed by atoms with Crippen LogP contribution < -0.4 is 4.74 Å². The predicted octanol–water partition coefficient (Wildman–Crippen LogP) is 2.83. The molecule has 3 rings (SSSR count). The van der Waals surface area contributed by atoms with Gasteiger partial charge in [-0.1, -0.05) is 29.1 Å². The Labute approximate surface area is 154 Å². The van der Waals surface area contributed by atoms with Crippen molar-refractivity contribution in [3.05, 3.63) is 47.2 Å². The quantitative estimate of drug-likeness (QED) is 0.568. The van der Waals surface area contributed by atoms with Gasteiger partial charge in [0.25, 0.3) is 0 Å². The van der Waals surface area contributed by atoms with Crippen molar-refractivity contribution in [3.8, 4) is 17.0 Å². The fourth-order valence-corrected chi connectivity index (χ4v) is 3.44. The lowest BCUT2D eigenvalue weighted by molar-refractivity contribution is -0.137. The largest absolute Gasteiger partial charge is 0.496 e. The molecule has 26 heavy (non-hydrogen) atoms. The van der Waals surface area contributed by atoms with Crippen LogP contribution in [0.5, 0.6) is 5.75 Å². The third-order valence-corrected chi connectivity index (χ3v) is 4.72. The smallest absolute Gasteiger partial charge is 0.333 e. The fraction of sp³-hybridized carbons (Fsp3) is 0.278. The molecule has 136 valence electrons. The van der Waals surface area contributed by atoms with Crippen LogP contribution in [0.4, 0.5) is 0 Å². The zero-order valence-electron chi connectivity index (χ0n) is 14.4. The summed E-state index contributed by atoms with van der Waals surface area (Å²) in [7, 11) is 1.59. The van der Waals surface area contributed by atoms with Gasteiger partial charge in [0, 0.05) is 11.6 Å². The van der Waals surface area contributed by atoms with Crippen molar-refractivity contribution in [1.82, 2.24) is 10.1 Å². The van der Waals surface area contributed by atoms with E-state index in [0.29, 0.717) is 22.2 Å². The average Bonchev–Trinajstić information content (AvgIpc) is 3.24. The number of carbonyl (C=O) groups excluding carboxylic acids is 2. The molecule has 0 atom stereocenters. The number of rotatable bonds is 6. The van der Waals surface area contributed by atoms with Crippen molar-refractivity contribution in [1.29, 1.82) is 0 Å². The monoisotopic (exact) mass is 374 g/mol. The lowest BCUT2D eigenvalue weighted by Gasteiger charge is -2.14. The van der Waals surface area contributed by atoms with E-state index in [1.165, 1.54) is 22.7 Å². The maximum atomic E-state index is 12.1. The minimum absolute atomic E-state index is 0.0965. The third kappa shape index (κ3) is 3.91. The molecule has 7 nitrogen and oxygen atoms in total. The van der Waals surface area contributed by atoms with Crippen molar-refractivity contribution in [3.63, 3.8) is 0 Å². The number of aromatic nitrogens is 1. The first-order chi connectivity index (χ1) is 12.6. The summed E-state index contributed by atoms with van der Waals surface area (Å²) in [5, 5.41) is 4.61. The number of methoxy groups -OCH3 is 1. The molecule has 0 bridgehead atoms. The molecule has 2 aromatic rings. The highest BCUT2D eigenvalue weighted by Gasteiger charge is 2.29. The molecular formula is C18H18N2O5S. The molecule has 0 radical (unpaired) electrons. The van der Waals surface area contributed by atoms with Gasteiger partial charge < -0.3 is 14.0 Å². The van der Waals surface area contributed by atoms with E-state index in [4.69, 9.17) is 14.0 Å². The van der Waals surface area contributed by atoms with Crippen LogP contribution in [0.3, 0.4) is 0 Å². The number of benzene rings is 1. The van der Waals surface area contributed by atoms with E-state index >= 15 is 0 Å². The minimum atomic E-state index is -0.470. The van der Waals surface area contributed by atoms with Crippen LogP contribution in [0.2, 0.25) is 0 Å². The van der Waals surface area contributed by atoms with Gasteiger partial charge in [0.15, 0.2) is 5.76 Å². The standard InChI is InChI=1S/C18H18N2O5S/c1-3-24-18(22)9-17-20(16(21)11-26-17)10-12-8-14(19-25-12)13-6-4-5-7-15(13)23-2/h4-9H,3,10-11H2,1-2H3. The van der Waals surface area contributed by atoms with Gasteiger partial charge in [-0.15, -0.1) is 0 Å². The summed E-state index contributed by atoms with van der Waals surface area (Å²) in [5.74, 6) is 0.904. The van der Waals surface area contributed by atoms with Crippen LogP contribution >= 0.6 is 11.8 Å². The molecule has 2 heterocycles. The van der Waals surface area contributed by atoms with Crippen LogP contribution in [-0.4, -0.2) is 41.4 Å². The number of para-hydroxylation sites is 1. The van der Waals surface area contributed by atoms with Crippen LogP contribution in [-0.2, 0) is 20.9 Å². The fourth-order valence-electron chi connectivity index (χ4n) is 2.51. The molecular weight excluding hydrogens is 356 g/mol. The molecule has 0 N–H and O–H groups in total. The molecule has 0 unspecified atom stereocenters. The lowest BCUT2D eigenvalue weighted by Crippen LogP contribution is -2.24. The second-order valence-electron chi connectivity index (χ2n) is 5.38. The molecule has 1 aromatic carbocycles. The Kier molecular flexibility index (Phi) is 5.62. The summed E-state index contributed by atoms with van der Waals surface area (Å²) in [5.41, 5.74) is 1.42. The lowest BCUT2D eigenvalue weighted by atomic mass is 10.1. The van der Waals surface area contributed by atoms with Crippen molar-refractivity contribution in [2.24, 2.45) is 0 Å². The number of hydrogen-bond acceptors (Lipinski definition) is 7. The highest BCUT2D eigenvalue weighted by atomic mass is 32.2. The maximum absolute atomic E-state index is 12.1. The summed E-state index contributed by atoms with van der Waals surface area (Å²) >= 11 is 1.30. The number of thioether (sulfide) groups is 1. The average molecular weight is 374 g/mol. The van der Waals surface area contributed by atoms with Crippen molar-refractivity contribution >= 4 is 23.6 Å². The first kappa shape index (κ1) is 18.1.